The van der Waals surface area contributed by atoms with Crippen LogP contribution in [0, 0.1) is 0 Å². The topological polar surface area (TPSA) is 53.2 Å². The van der Waals surface area contributed by atoms with Crippen molar-refractivity contribution in [3.8, 4) is 0 Å². The van der Waals surface area contributed by atoms with Crippen LogP contribution in [0.2, 0.25) is 0 Å². The molecule has 26 heavy (non-hydrogen) atoms. The summed E-state index contributed by atoms with van der Waals surface area (Å²) in [7, 11) is 1.74. The standard InChI is InChI=1S/C20H30N4OS/c1-25-15-7-13-21-20(26)24(16-8-3-2-4-9-16)14-12-19-22-17-10-5-6-11-18(17)23-19/h5-6,10-11,16H,2-4,7-9,12-15H2,1H3,(H,21,26)(H,22,23). The number of aromatic amines is 1. The number of imidazole rings is 1. The third-order valence-electron chi connectivity index (χ3n) is 5.11. The molecule has 3 rings (SSSR count). The first-order valence-corrected chi connectivity index (χ1v) is 10.2. The number of aromatic nitrogens is 2. The number of ether oxygens (including phenoxy) is 1. The number of nitrogens with one attached hydrogen (secondary N) is 2. The van der Waals surface area contributed by atoms with Crippen LogP contribution >= 0.6 is 12.2 Å². The molecular weight excluding hydrogens is 344 g/mol. The number of hydrogen-bond acceptors (Lipinski definition) is 3. The van der Waals surface area contributed by atoms with Gasteiger partial charge < -0.3 is 19.9 Å². The summed E-state index contributed by atoms with van der Waals surface area (Å²) in [4.78, 5) is 10.5. The molecule has 0 amide bonds. The van der Waals surface area contributed by atoms with E-state index in [1.807, 2.05) is 12.1 Å². The molecule has 0 spiro atoms. The van der Waals surface area contributed by atoms with Gasteiger partial charge in [-0.3, -0.25) is 0 Å². The van der Waals surface area contributed by atoms with Crippen LogP contribution in [0.4, 0.5) is 0 Å². The summed E-state index contributed by atoms with van der Waals surface area (Å²) in [6.45, 7) is 2.53. The normalized spacial score (nSPS) is 15.3. The number of methoxy groups -OCH3 is 1. The summed E-state index contributed by atoms with van der Waals surface area (Å²) < 4.78 is 5.13. The zero-order valence-electron chi connectivity index (χ0n) is 15.7. The van der Waals surface area contributed by atoms with E-state index in [1.54, 1.807) is 7.11 Å². The van der Waals surface area contributed by atoms with Crippen molar-refractivity contribution in [1.82, 2.24) is 20.2 Å². The predicted octanol–water partition coefficient (Wildman–Crippen LogP) is 3.65. The molecule has 1 aromatic carbocycles. The number of para-hydroxylation sites is 2. The Balaban J connectivity index is 1.61. The predicted molar refractivity (Wildman–Crippen MR) is 110 cm³/mol. The molecule has 0 unspecified atom stereocenters. The van der Waals surface area contributed by atoms with Crippen LogP contribution in [-0.4, -0.2) is 52.8 Å². The van der Waals surface area contributed by atoms with Gasteiger partial charge in [-0.15, -0.1) is 0 Å². The van der Waals surface area contributed by atoms with Gasteiger partial charge in [-0.05, 0) is 43.6 Å². The van der Waals surface area contributed by atoms with Gasteiger partial charge in [0.25, 0.3) is 0 Å². The highest BCUT2D eigenvalue weighted by Gasteiger charge is 2.23. The van der Waals surface area contributed by atoms with E-state index in [-0.39, 0.29) is 0 Å². The first-order chi connectivity index (χ1) is 12.8. The minimum atomic E-state index is 0.551. The van der Waals surface area contributed by atoms with E-state index >= 15 is 0 Å². The Hall–Kier alpha value is -1.66. The molecule has 0 atom stereocenters. The number of H-pyrrole nitrogens is 1. The van der Waals surface area contributed by atoms with Gasteiger partial charge in [-0.1, -0.05) is 31.4 Å². The number of nitrogens with zero attached hydrogens (tertiary/aromatic N) is 2. The molecule has 1 aliphatic carbocycles. The smallest absolute Gasteiger partial charge is 0.169 e. The van der Waals surface area contributed by atoms with E-state index in [0.717, 1.165) is 54.5 Å². The van der Waals surface area contributed by atoms with Crippen LogP contribution in [0.1, 0.15) is 44.3 Å². The lowest BCUT2D eigenvalue weighted by Gasteiger charge is -2.36. The lowest BCUT2D eigenvalue weighted by atomic mass is 9.94. The molecule has 142 valence electrons. The fourth-order valence-electron chi connectivity index (χ4n) is 3.71. The molecule has 2 N–H and O–H groups in total. The summed E-state index contributed by atoms with van der Waals surface area (Å²) in [5.74, 6) is 1.04. The number of hydrogen-bond donors (Lipinski definition) is 2. The van der Waals surface area contributed by atoms with E-state index in [4.69, 9.17) is 21.9 Å². The minimum Gasteiger partial charge on any atom is -0.385 e. The van der Waals surface area contributed by atoms with Crippen LogP contribution in [0.15, 0.2) is 24.3 Å². The highest BCUT2D eigenvalue weighted by Crippen LogP contribution is 2.23. The Bertz CT molecular complexity index is 663. The molecule has 1 heterocycles. The monoisotopic (exact) mass is 374 g/mol. The molecule has 0 saturated heterocycles. The van der Waals surface area contributed by atoms with Gasteiger partial charge in [-0.2, -0.15) is 0 Å². The lowest BCUT2D eigenvalue weighted by molar-refractivity contribution is 0.194. The summed E-state index contributed by atoms with van der Waals surface area (Å²) in [6.07, 6.45) is 8.28. The Kier molecular flexibility index (Phi) is 7.26. The van der Waals surface area contributed by atoms with Crippen molar-refractivity contribution in [3.63, 3.8) is 0 Å². The third-order valence-corrected chi connectivity index (χ3v) is 5.48. The second-order valence-electron chi connectivity index (χ2n) is 7.01. The number of rotatable bonds is 8. The van der Waals surface area contributed by atoms with Gasteiger partial charge >= 0.3 is 0 Å². The Morgan fingerprint density at radius 3 is 2.88 bits per heavy atom. The molecule has 5 nitrogen and oxygen atoms in total. The maximum atomic E-state index is 5.73. The van der Waals surface area contributed by atoms with Crippen molar-refractivity contribution >= 4 is 28.4 Å². The zero-order valence-corrected chi connectivity index (χ0v) is 16.5. The van der Waals surface area contributed by atoms with Gasteiger partial charge in [0.15, 0.2) is 5.11 Å². The van der Waals surface area contributed by atoms with Crippen LogP contribution < -0.4 is 5.32 Å². The van der Waals surface area contributed by atoms with Crippen LogP contribution in [0.5, 0.6) is 0 Å². The average Bonchev–Trinajstić information content (AvgIpc) is 3.09. The third kappa shape index (κ3) is 5.17. The van der Waals surface area contributed by atoms with E-state index < -0.39 is 0 Å². The van der Waals surface area contributed by atoms with Crippen LogP contribution in [0.25, 0.3) is 11.0 Å². The first kappa shape index (κ1) is 19.1. The van der Waals surface area contributed by atoms with Gasteiger partial charge in [0, 0.05) is 39.3 Å². The average molecular weight is 375 g/mol. The maximum Gasteiger partial charge on any atom is 0.169 e. The van der Waals surface area contributed by atoms with Gasteiger partial charge in [0.1, 0.15) is 5.82 Å². The van der Waals surface area contributed by atoms with E-state index in [1.165, 1.54) is 32.1 Å². The molecule has 0 bridgehead atoms. The molecule has 1 saturated carbocycles. The molecule has 0 aliphatic heterocycles. The summed E-state index contributed by atoms with van der Waals surface area (Å²) >= 11 is 5.73. The van der Waals surface area contributed by atoms with Crippen molar-refractivity contribution < 1.29 is 4.74 Å². The maximum absolute atomic E-state index is 5.73. The van der Waals surface area contributed by atoms with Crippen molar-refractivity contribution in [2.24, 2.45) is 0 Å². The zero-order chi connectivity index (χ0) is 18.2. The Labute approximate surface area is 161 Å². The van der Waals surface area contributed by atoms with Gasteiger partial charge in [-0.25, -0.2) is 4.98 Å². The molecule has 6 heteroatoms. The molecule has 1 fully saturated rings. The number of fused-ring (bicyclic) bond motifs is 1. The van der Waals surface area contributed by atoms with Crippen LogP contribution in [-0.2, 0) is 11.2 Å². The summed E-state index contributed by atoms with van der Waals surface area (Å²) in [5.41, 5.74) is 2.14. The van der Waals surface area contributed by atoms with Gasteiger partial charge in [0.05, 0.1) is 11.0 Å². The quantitative estimate of drug-likeness (QED) is 0.546. The fourth-order valence-corrected chi connectivity index (χ4v) is 4.05. The Morgan fingerprint density at radius 1 is 1.31 bits per heavy atom. The van der Waals surface area contributed by atoms with Crippen molar-refractivity contribution in [3.05, 3.63) is 30.1 Å². The van der Waals surface area contributed by atoms with E-state index in [0.29, 0.717) is 6.04 Å². The number of benzene rings is 1. The molecule has 0 radical (unpaired) electrons. The van der Waals surface area contributed by atoms with Crippen molar-refractivity contribution in [2.45, 2.75) is 51.0 Å². The highest BCUT2D eigenvalue weighted by atomic mass is 32.1. The summed E-state index contributed by atoms with van der Waals surface area (Å²) in [5, 5.41) is 4.30. The van der Waals surface area contributed by atoms with Crippen molar-refractivity contribution in [2.75, 3.05) is 26.8 Å². The SMILES string of the molecule is COCCCNC(=S)N(CCc1nc2ccccc2[nH]1)C1CCCCC1. The molecule has 2 aromatic rings. The lowest BCUT2D eigenvalue weighted by Crippen LogP contribution is -2.48. The van der Waals surface area contributed by atoms with Gasteiger partial charge in [0.2, 0.25) is 0 Å². The van der Waals surface area contributed by atoms with E-state index in [2.05, 4.69) is 27.3 Å². The highest BCUT2D eigenvalue weighted by molar-refractivity contribution is 7.80. The van der Waals surface area contributed by atoms with Crippen molar-refractivity contribution in [1.29, 1.82) is 0 Å². The molecular formula is C20H30N4OS. The largest absolute Gasteiger partial charge is 0.385 e. The number of thiocarbonyl (C=S) groups is 1. The first-order valence-electron chi connectivity index (χ1n) is 9.75. The second kappa shape index (κ2) is 9.88. The second-order valence-corrected chi connectivity index (χ2v) is 7.40. The summed E-state index contributed by atoms with van der Waals surface area (Å²) in [6, 6.07) is 8.75. The molecule has 1 aliphatic rings. The fraction of sp³-hybridized carbons (Fsp3) is 0.600. The van der Waals surface area contributed by atoms with Crippen LogP contribution in [0.3, 0.4) is 0 Å². The molecule has 1 aromatic heterocycles. The Morgan fingerprint density at radius 2 is 2.12 bits per heavy atom. The van der Waals surface area contributed by atoms with E-state index in [9.17, 15) is 0 Å². The minimum absolute atomic E-state index is 0.551.